The van der Waals surface area contributed by atoms with Crippen molar-refractivity contribution in [1.82, 2.24) is 9.71 Å². The van der Waals surface area contributed by atoms with Crippen LogP contribution in [0.2, 0.25) is 5.02 Å². The predicted molar refractivity (Wildman–Crippen MR) is 80.2 cm³/mol. The van der Waals surface area contributed by atoms with Crippen LogP contribution in [0.3, 0.4) is 0 Å². The minimum absolute atomic E-state index is 0.00924. The Morgan fingerprint density at radius 1 is 1.35 bits per heavy atom. The lowest BCUT2D eigenvalue weighted by atomic mass is 9.78. The third kappa shape index (κ3) is 3.51. The van der Waals surface area contributed by atoms with E-state index in [2.05, 4.69) is 23.6 Å². The molecule has 0 amide bonds. The van der Waals surface area contributed by atoms with E-state index < -0.39 is 10.0 Å². The van der Waals surface area contributed by atoms with Crippen molar-refractivity contribution < 1.29 is 8.42 Å². The molecule has 0 aliphatic heterocycles. The summed E-state index contributed by atoms with van der Waals surface area (Å²) in [5.41, 5.74) is 0. The summed E-state index contributed by atoms with van der Waals surface area (Å²) in [6, 6.07) is 1.49. The molecule has 1 aromatic rings. The molecule has 112 valence electrons. The van der Waals surface area contributed by atoms with Gasteiger partial charge in [0.1, 0.15) is 4.90 Å². The van der Waals surface area contributed by atoms with Gasteiger partial charge in [0, 0.05) is 18.4 Å². The molecule has 6 heteroatoms. The average molecular weight is 317 g/mol. The first-order valence-corrected chi connectivity index (χ1v) is 8.90. The standard InChI is InChI=1S/C14H21ClN2O2S/c1-10(2)11-5-3-4-6-13(11)17-20(18,19)14-9-16-8-7-12(14)15/h7-11,13,17H,3-6H2,1-2H3. The topological polar surface area (TPSA) is 59.1 Å². The first-order valence-electron chi connectivity index (χ1n) is 7.03. The first kappa shape index (κ1) is 15.7. The lowest BCUT2D eigenvalue weighted by Gasteiger charge is -2.34. The molecule has 1 aromatic heterocycles. The molecular weight excluding hydrogens is 296 g/mol. The highest BCUT2D eigenvalue weighted by Gasteiger charge is 2.31. The number of nitrogens with one attached hydrogen (secondary N) is 1. The van der Waals surface area contributed by atoms with Crippen LogP contribution in [0, 0.1) is 11.8 Å². The average Bonchev–Trinajstić information content (AvgIpc) is 2.39. The van der Waals surface area contributed by atoms with Crippen molar-refractivity contribution in [2.24, 2.45) is 11.8 Å². The van der Waals surface area contributed by atoms with E-state index in [1.807, 2.05) is 0 Å². The third-order valence-electron chi connectivity index (χ3n) is 4.01. The summed E-state index contributed by atoms with van der Waals surface area (Å²) >= 11 is 5.97. The maximum atomic E-state index is 12.5. The molecule has 0 spiro atoms. The Bertz CT molecular complexity index is 560. The fraction of sp³-hybridized carbons (Fsp3) is 0.643. The smallest absolute Gasteiger partial charge is 0.243 e. The highest BCUT2D eigenvalue weighted by atomic mass is 35.5. The van der Waals surface area contributed by atoms with Gasteiger partial charge in [-0.3, -0.25) is 4.98 Å². The summed E-state index contributed by atoms with van der Waals surface area (Å²) in [6.45, 7) is 4.29. The Labute approximate surface area is 126 Å². The summed E-state index contributed by atoms with van der Waals surface area (Å²) in [5, 5.41) is 0.212. The Morgan fingerprint density at radius 2 is 2.05 bits per heavy atom. The quantitative estimate of drug-likeness (QED) is 0.927. The molecule has 2 rings (SSSR count). The first-order chi connectivity index (χ1) is 9.42. The van der Waals surface area contributed by atoms with Gasteiger partial charge < -0.3 is 0 Å². The van der Waals surface area contributed by atoms with E-state index in [1.54, 1.807) is 0 Å². The molecule has 2 atom stereocenters. The minimum atomic E-state index is -3.60. The van der Waals surface area contributed by atoms with E-state index in [0.717, 1.165) is 19.3 Å². The predicted octanol–water partition coefficient (Wildman–Crippen LogP) is 3.23. The number of hydrogen-bond acceptors (Lipinski definition) is 3. The van der Waals surface area contributed by atoms with Gasteiger partial charge in [-0.1, -0.05) is 38.3 Å². The zero-order chi connectivity index (χ0) is 14.8. The summed E-state index contributed by atoms with van der Waals surface area (Å²) < 4.78 is 27.7. The molecule has 0 radical (unpaired) electrons. The van der Waals surface area contributed by atoms with Crippen molar-refractivity contribution >= 4 is 21.6 Å². The van der Waals surface area contributed by atoms with Gasteiger partial charge in [-0.25, -0.2) is 13.1 Å². The molecule has 0 aromatic carbocycles. The molecule has 1 saturated carbocycles. The third-order valence-corrected chi connectivity index (χ3v) is 5.96. The van der Waals surface area contributed by atoms with Gasteiger partial charge >= 0.3 is 0 Å². The van der Waals surface area contributed by atoms with Crippen LogP contribution >= 0.6 is 11.6 Å². The number of pyridine rings is 1. The fourth-order valence-electron chi connectivity index (χ4n) is 2.93. The second-order valence-electron chi connectivity index (χ2n) is 5.73. The van der Waals surface area contributed by atoms with Gasteiger partial charge in [-0.05, 0) is 30.7 Å². The molecule has 2 unspecified atom stereocenters. The minimum Gasteiger partial charge on any atom is -0.263 e. The zero-order valence-electron chi connectivity index (χ0n) is 11.8. The van der Waals surface area contributed by atoms with Crippen molar-refractivity contribution in [1.29, 1.82) is 0 Å². The number of aromatic nitrogens is 1. The van der Waals surface area contributed by atoms with Crippen LogP contribution in [-0.2, 0) is 10.0 Å². The van der Waals surface area contributed by atoms with E-state index in [9.17, 15) is 8.42 Å². The van der Waals surface area contributed by atoms with Crippen LogP contribution < -0.4 is 4.72 Å². The Hall–Kier alpha value is -0.650. The number of sulfonamides is 1. The van der Waals surface area contributed by atoms with Crippen molar-refractivity contribution in [3.8, 4) is 0 Å². The lowest BCUT2D eigenvalue weighted by Crippen LogP contribution is -2.43. The lowest BCUT2D eigenvalue weighted by molar-refractivity contribution is 0.226. The van der Waals surface area contributed by atoms with Gasteiger partial charge in [0.25, 0.3) is 0 Å². The van der Waals surface area contributed by atoms with Gasteiger partial charge in [0.05, 0.1) is 5.02 Å². The summed E-state index contributed by atoms with van der Waals surface area (Å²) in [4.78, 5) is 3.92. The van der Waals surface area contributed by atoms with Crippen LogP contribution in [0.15, 0.2) is 23.4 Å². The van der Waals surface area contributed by atoms with Gasteiger partial charge in [-0.2, -0.15) is 0 Å². The largest absolute Gasteiger partial charge is 0.263 e. The maximum absolute atomic E-state index is 12.5. The normalized spacial score (nSPS) is 24.0. The van der Waals surface area contributed by atoms with Crippen LogP contribution in [0.1, 0.15) is 39.5 Å². The number of hydrogen-bond donors (Lipinski definition) is 1. The highest BCUT2D eigenvalue weighted by molar-refractivity contribution is 7.89. The molecular formula is C14H21ClN2O2S. The molecule has 0 saturated heterocycles. The van der Waals surface area contributed by atoms with Gasteiger partial charge in [-0.15, -0.1) is 0 Å². The Kier molecular flexibility index (Phi) is 5.04. The zero-order valence-corrected chi connectivity index (χ0v) is 13.4. The molecule has 0 bridgehead atoms. The summed E-state index contributed by atoms with van der Waals surface area (Å²) in [5.74, 6) is 0.848. The molecule has 1 N–H and O–H groups in total. The van der Waals surface area contributed by atoms with Crippen LogP contribution in [0.5, 0.6) is 0 Å². The van der Waals surface area contributed by atoms with Crippen LogP contribution in [0.4, 0.5) is 0 Å². The van der Waals surface area contributed by atoms with E-state index in [1.165, 1.54) is 24.9 Å². The van der Waals surface area contributed by atoms with Crippen LogP contribution in [0.25, 0.3) is 0 Å². The van der Waals surface area contributed by atoms with Crippen LogP contribution in [-0.4, -0.2) is 19.4 Å². The molecule has 1 fully saturated rings. The Balaban J connectivity index is 2.21. The van der Waals surface area contributed by atoms with Crippen molar-refractivity contribution in [2.45, 2.75) is 50.5 Å². The Morgan fingerprint density at radius 3 is 2.70 bits per heavy atom. The molecule has 20 heavy (non-hydrogen) atoms. The van der Waals surface area contributed by atoms with E-state index >= 15 is 0 Å². The highest BCUT2D eigenvalue weighted by Crippen LogP contribution is 2.31. The van der Waals surface area contributed by atoms with E-state index in [0.29, 0.717) is 11.8 Å². The SMILES string of the molecule is CC(C)C1CCCCC1NS(=O)(=O)c1cnccc1Cl. The number of rotatable bonds is 4. The molecule has 1 heterocycles. The maximum Gasteiger partial charge on any atom is 0.243 e. The second kappa shape index (κ2) is 6.41. The number of nitrogens with zero attached hydrogens (tertiary/aromatic N) is 1. The molecule has 1 aliphatic carbocycles. The van der Waals surface area contributed by atoms with Gasteiger partial charge in [0.2, 0.25) is 10.0 Å². The van der Waals surface area contributed by atoms with E-state index in [4.69, 9.17) is 11.6 Å². The monoisotopic (exact) mass is 316 g/mol. The fourth-order valence-corrected chi connectivity index (χ4v) is 4.68. The van der Waals surface area contributed by atoms with Crippen molar-refractivity contribution in [3.05, 3.63) is 23.5 Å². The molecule has 1 aliphatic rings. The van der Waals surface area contributed by atoms with Gasteiger partial charge in [0.15, 0.2) is 0 Å². The number of halogens is 1. The van der Waals surface area contributed by atoms with Crippen molar-refractivity contribution in [2.75, 3.05) is 0 Å². The van der Waals surface area contributed by atoms with Crippen molar-refractivity contribution in [3.63, 3.8) is 0 Å². The second-order valence-corrected chi connectivity index (χ2v) is 7.82. The summed E-state index contributed by atoms with van der Waals surface area (Å²) in [6.07, 6.45) is 6.99. The molecule has 4 nitrogen and oxygen atoms in total. The van der Waals surface area contributed by atoms with E-state index in [-0.39, 0.29) is 16.0 Å². The summed E-state index contributed by atoms with van der Waals surface area (Å²) in [7, 11) is -3.60.